The molecular formula is C20H31NO2. The lowest BCUT2D eigenvalue weighted by Crippen LogP contribution is -2.41. The smallest absolute Gasteiger partial charge is 0.223 e. The summed E-state index contributed by atoms with van der Waals surface area (Å²) in [6.07, 6.45) is 3.91. The molecule has 1 fully saturated rings. The summed E-state index contributed by atoms with van der Waals surface area (Å²) in [5, 5.41) is 12.6. The van der Waals surface area contributed by atoms with Crippen molar-refractivity contribution in [2.45, 2.75) is 52.5 Å². The van der Waals surface area contributed by atoms with Gasteiger partial charge in [0.15, 0.2) is 0 Å². The molecule has 3 nitrogen and oxygen atoms in total. The molecule has 4 atom stereocenters. The van der Waals surface area contributed by atoms with E-state index in [1.807, 2.05) is 30.3 Å². The summed E-state index contributed by atoms with van der Waals surface area (Å²) in [5.41, 5.74) is 1.07. The Morgan fingerprint density at radius 2 is 1.96 bits per heavy atom. The lowest BCUT2D eigenvalue weighted by molar-refractivity contribution is -0.130. The third kappa shape index (κ3) is 4.81. The van der Waals surface area contributed by atoms with Gasteiger partial charge < -0.3 is 10.4 Å². The van der Waals surface area contributed by atoms with Crippen LogP contribution in [0, 0.1) is 23.7 Å². The average molecular weight is 317 g/mol. The zero-order valence-electron chi connectivity index (χ0n) is 14.7. The van der Waals surface area contributed by atoms with Crippen molar-refractivity contribution < 1.29 is 9.90 Å². The second-order valence-corrected chi connectivity index (χ2v) is 7.42. The Balaban J connectivity index is 2.10. The van der Waals surface area contributed by atoms with Crippen LogP contribution in [0.4, 0.5) is 0 Å². The van der Waals surface area contributed by atoms with Gasteiger partial charge >= 0.3 is 0 Å². The van der Waals surface area contributed by atoms with E-state index >= 15 is 0 Å². The van der Waals surface area contributed by atoms with Crippen molar-refractivity contribution in [3.63, 3.8) is 0 Å². The van der Waals surface area contributed by atoms with Gasteiger partial charge in [-0.3, -0.25) is 4.79 Å². The minimum absolute atomic E-state index is 0.0779. The van der Waals surface area contributed by atoms with Crippen LogP contribution >= 0.6 is 0 Å². The second kappa shape index (κ2) is 8.49. The van der Waals surface area contributed by atoms with E-state index in [0.29, 0.717) is 24.2 Å². The zero-order valence-corrected chi connectivity index (χ0v) is 14.7. The van der Waals surface area contributed by atoms with Crippen LogP contribution in [0.15, 0.2) is 30.3 Å². The summed E-state index contributed by atoms with van der Waals surface area (Å²) in [6, 6.07) is 9.86. The molecule has 2 N–H and O–H groups in total. The highest BCUT2D eigenvalue weighted by molar-refractivity contribution is 5.79. The van der Waals surface area contributed by atoms with Crippen LogP contribution in [0.2, 0.25) is 0 Å². The molecule has 0 heterocycles. The molecule has 1 aromatic rings. The van der Waals surface area contributed by atoms with E-state index in [9.17, 15) is 9.90 Å². The van der Waals surface area contributed by atoms with E-state index in [2.05, 4.69) is 26.1 Å². The van der Waals surface area contributed by atoms with Crippen molar-refractivity contribution in [1.29, 1.82) is 0 Å². The van der Waals surface area contributed by atoms with Crippen LogP contribution in [0.1, 0.15) is 58.1 Å². The van der Waals surface area contributed by atoms with Crippen molar-refractivity contribution in [3.8, 4) is 0 Å². The van der Waals surface area contributed by atoms with Gasteiger partial charge in [0.05, 0.1) is 6.04 Å². The summed E-state index contributed by atoms with van der Waals surface area (Å²) < 4.78 is 0. The van der Waals surface area contributed by atoms with Crippen molar-refractivity contribution in [2.75, 3.05) is 6.61 Å². The average Bonchev–Trinajstić information content (AvgIpc) is 2.54. The molecule has 1 saturated carbocycles. The molecule has 128 valence electrons. The summed E-state index contributed by atoms with van der Waals surface area (Å²) in [7, 11) is 0. The summed E-state index contributed by atoms with van der Waals surface area (Å²) in [6.45, 7) is 6.78. The fourth-order valence-electron chi connectivity index (χ4n) is 3.92. The molecule has 0 spiro atoms. The van der Waals surface area contributed by atoms with E-state index in [1.54, 1.807) is 0 Å². The molecule has 2 rings (SSSR count). The van der Waals surface area contributed by atoms with Gasteiger partial charge in [-0.05, 0) is 42.6 Å². The van der Waals surface area contributed by atoms with Crippen LogP contribution in [0.5, 0.6) is 0 Å². The fourth-order valence-corrected chi connectivity index (χ4v) is 3.92. The van der Waals surface area contributed by atoms with Crippen molar-refractivity contribution in [3.05, 3.63) is 35.9 Å². The number of hydrogen-bond donors (Lipinski definition) is 2. The SMILES string of the molecule is CC(C)[C@@H]1CC[C@@H](C)C[C@H]1C(=O)NC(CCO)c1ccccc1. The Kier molecular flexibility index (Phi) is 6.64. The molecular weight excluding hydrogens is 286 g/mol. The summed E-state index contributed by atoms with van der Waals surface area (Å²) >= 11 is 0. The third-order valence-electron chi connectivity index (χ3n) is 5.30. The first-order valence-electron chi connectivity index (χ1n) is 8.99. The fraction of sp³-hybridized carbons (Fsp3) is 0.650. The molecule has 1 aliphatic carbocycles. The van der Waals surface area contributed by atoms with E-state index in [4.69, 9.17) is 0 Å². The molecule has 1 aliphatic rings. The van der Waals surface area contributed by atoms with Crippen LogP contribution in [0.3, 0.4) is 0 Å². The predicted molar refractivity (Wildman–Crippen MR) is 93.9 cm³/mol. The normalized spacial score (nSPS) is 26.0. The number of rotatable bonds is 6. The topological polar surface area (TPSA) is 49.3 Å². The highest BCUT2D eigenvalue weighted by Crippen LogP contribution is 2.38. The number of hydrogen-bond acceptors (Lipinski definition) is 2. The highest BCUT2D eigenvalue weighted by Gasteiger charge is 2.36. The molecule has 1 unspecified atom stereocenters. The molecule has 1 amide bonds. The van der Waals surface area contributed by atoms with Crippen LogP contribution in [0.25, 0.3) is 0 Å². The number of benzene rings is 1. The Labute approximate surface area is 140 Å². The maximum absolute atomic E-state index is 12.9. The number of carbonyl (C=O) groups is 1. The monoisotopic (exact) mass is 317 g/mol. The van der Waals surface area contributed by atoms with Crippen molar-refractivity contribution in [1.82, 2.24) is 5.32 Å². The largest absolute Gasteiger partial charge is 0.396 e. The molecule has 0 aromatic heterocycles. The van der Waals surface area contributed by atoms with Crippen molar-refractivity contribution in [2.24, 2.45) is 23.7 Å². The van der Waals surface area contributed by atoms with E-state index < -0.39 is 0 Å². The van der Waals surface area contributed by atoms with Crippen LogP contribution in [-0.2, 0) is 4.79 Å². The maximum Gasteiger partial charge on any atom is 0.223 e. The second-order valence-electron chi connectivity index (χ2n) is 7.42. The first-order valence-corrected chi connectivity index (χ1v) is 8.99. The van der Waals surface area contributed by atoms with Gasteiger partial charge in [-0.2, -0.15) is 0 Å². The predicted octanol–water partition coefficient (Wildman–Crippen LogP) is 3.93. The number of nitrogens with one attached hydrogen (secondary N) is 1. The summed E-state index contributed by atoms with van der Waals surface area (Å²) in [5.74, 6) is 1.89. The van der Waals surface area contributed by atoms with E-state index in [-0.39, 0.29) is 24.5 Å². The van der Waals surface area contributed by atoms with Gasteiger partial charge in [-0.1, -0.05) is 57.5 Å². The van der Waals surface area contributed by atoms with Crippen LogP contribution in [-0.4, -0.2) is 17.6 Å². The lowest BCUT2D eigenvalue weighted by Gasteiger charge is -2.37. The quantitative estimate of drug-likeness (QED) is 0.835. The highest BCUT2D eigenvalue weighted by atomic mass is 16.3. The van der Waals surface area contributed by atoms with E-state index in [0.717, 1.165) is 18.4 Å². The minimum atomic E-state index is -0.0984. The molecule has 1 aromatic carbocycles. The number of aliphatic hydroxyl groups is 1. The molecule has 23 heavy (non-hydrogen) atoms. The number of carbonyl (C=O) groups excluding carboxylic acids is 1. The third-order valence-corrected chi connectivity index (χ3v) is 5.30. The lowest BCUT2D eigenvalue weighted by atomic mass is 9.69. The first-order chi connectivity index (χ1) is 11.0. The van der Waals surface area contributed by atoms with Gasteiger partial charge in [0, 0.05) is 12.5 Å². The standard InChI is InChI=1S/C20H31NO2/c1-14(2)17-10-9-15(3)13-18(17)20(23)21-19(11-12-22)16-7-5-4-6-8-16/h4-8,14-15,17-19,22H,9-13H2,1-3H3,(H,21,23)/t15-,17+,18-,19?/m1/s1. The Morgan fingerprint density at radius 1 is 1.26 bits per heavy atom. The Morgan fingerprint density at radius 3 is 2.57 bits per heavy atom. The maximum atomic E-state index is 12.9. The van der Waals surface area contributed by atoms with E-state index in [1.165, 1.54) is 6.42 Å². The first kappa shape index (κ1) is 18.0. The Hall–Kier alpha value is -1.35. The molecule has 0 aliphatic heterocycles. The Bertz CT molecular complexity index is 486. The van der Waals surface area contributed by atoms with Gasteiger partial charge in [0.25, 0.3) is 0 Å². The van der Waals surface area contributed by atoms with Crippen molar-refractivity contribution >= 4 is 5.91 Å². The molecule has 0 saturated heterocycles. The summed E-state index contributed by atoms with van der Waals surface area (Å²) in [4.78, 5) is 12.9. The van der Waals surface area contributed by atoms with Crippen LogP contribution < -0.4 is 5.32 Å². The van der Waals surface area contributed by atoms with Gasteiger partial charge in [0.2, 0.25) is 5.91 Å². The van der Waals surface area contributed by atoms with Gasteiger partial charge in [0.1, 0.15) is 0 Å². The number of amides is 1. The minimum Gasteiger partial charge on any atom is -0.396 e. The van der Waals surface area contributed by atoms with Gasteiger partial charge in [-0.25, -0.2) is 0 Å². The van der Waals surface area contributed by atoms with Gasteiger partial charge in [-0.15, -0.1) is 0 Å². The molecule has 0 radical (unpaired) electrons. The molecule has 0 bridgehead atoms. The number of aliphatic hydroxyl groups excluding tert-OH is 1. The zero-order chi connectivity index (χ0) is 16.8. The molecule has 3 heteroatoms.